The number of rotatable bonds is 4. The lowest BCUT2D eigenvalue weighted by atomic mass is 9.55. The molecule has 0 spiro atoms. The Morgan fingerprint density at radius 2 is 1.75 bits per heavy atom. The molecule has 4 atom stereocenters. The van der Waals surface area contributed by atoms with E-state index in [0.29, 0.717) is 6.54 Å². The Kier molecular flexibility index (Phi) is 4.16. The molecule has 3 rings (SSSR count). The van der Waals surface area contributed by atoms with Gasteiger partial charge in [0, 0.05) is 12.0 Å². The summed E-state index contributed by atoms with van der Waals surface area (Å²) in [6, 6.07) is 0. The molecule has 3 saturated carbocycles. The highest BCUT2D eigenvalue weighted by Gasteiger charge is 2.54. The summed E-state index contributed by atoms with van der Waals surface area (Å²) >= 11 is 0. The van der Waals surface area contributed by atoms with Crippen LogP contribution in [0.2, 0.25) is 0 Å². The van der Waals surface area contributed by atoms with E-state index in [4.69, 9.17) is 5.73 Å². The van der Waals surface area contributed by atoms with Crippen molar-refractivity contribution < 1.29 is 5.11 Å². The molecule has 3 N–H and O–H groups in total. The molecular weight excluding hydrogens is 246 g/mol. The summed E-state index contributed by atoms with van der Waals surface area (Å²) < 4.78 is 0. The molecule has 0 bridgehead atoms. The summed E-state index contributed by atoms with van der Waals surface area (Å²) in [5.74, 6) is 2.51. The Bertz CT molecular complexity index is 340. The van der Waals surface area contributed by atoms with Gasteiger partial charge in [-0.3, -0.25) is 0 Å². The van der Waals surface area contributed by atoms with Gasteiger partial charge in [-0.05, 0) is 62.7 Å². The van der Waals surface area contributed by atoms with Crippen molar-refractivity contribution in [2.24, 2.45) is 28.9 Å². The molecule has 0 heterocycles. The van der Waals surface area contributed by atoms with Crippen LogP contribution < -0.4 is 5.73 Å². The molecule has 0 saturated heterocycles. The summed E-state index contributed by atoms with van der Waals surface area (Å²) in [5, 5.41) is 11.5. The van der Waals surface area contributed by atoms with E-state index in [2.05, 4.69) is 6.92 Å². The first-order valence-electron chi connectivity index (χ1n) is 9.05. The fraction of sp³-hybridized carbons (Fsp3) is 1.00. The highest BCUT2D eigenvalue weighted by atomic mass is 16.3. The molecule has 0 aromatic rings. The van der Waals surface area contributed by atoms with Crippen LogP contribution in [0.15, 0.2) is 0 Å². The molecule has 3 aliphatic carbocycles. The molecule has 4 unspecified atom stereocenters. The second-order valence-electron chi connectivity index (χ2n) is 8.08. The summed E-state index contributed by atoms with van der Waals surface area (Å²) in [5.41, 5.74) is 5.82. The molecule has 0 aliphatic heterocycles. The fourth-order valence-corrected chi connectivity index (χ4v) is 5.38. The second kappa shape index (κ2) is 5.61. The van der Waals surface area contributed by atoms with E-state index in [-0.39, 0.29) is 5.41 Å². The average Bonchev–Trinajstić information content (AvgIpc) is 3.32. The first-order chi connectivity index (χ1) is 9.62. The van der Waals surface area contributed by atoms with Crippen molar-refractivity contribution in [1.82, 2.24) is 0 Å². The molecule has 0 aromatic heterocycles. The lowest BCUT2D eigenvalue weighted by Crippen LogP contribution is -2.57. The third-order valence-corrected chi connectivity index (χ3v) is 6.96. The van der Waals surface area contributed by atoms with Gasteiger partial charge < -0.3 is 10.8 Å². The van der Waals surface area contributed by atoms with Gasteiger partial charge in [-0.25, -0.2) is 0 Å². The Labute approximate surface area is 124 Å². The molecule has 20 heavy (non-hydrogen) atoms. The first kappa shape index (κ1) is 14.8. The SMILES string of the molecule is CCC1CCCC(CN)(C2(O)CCCC(C3CC3)C2)C1. The van der Waals surface area contributed by atoms with Crippen LogP contribution in [-0.4, -0.2) is 17.3 Å². The highest BCUT2D eigenvalue weighted by Crippen LogP contribution is 2.56. The number of hydrogen-bond acceptors (Lipinski definition) is 2. The van der Waals surface area contributed by atoms with Crippen molar-refractivity contribution in [1.29, 1.82) is 0 Å². The van der Waals surface area contributed by atoms with Crippen LogP contribution in [0.5, 0.6) is 0 Å². The zero-order valence-electron chi connectivity index (χ0n) is 13.2. The van der Waals surface area contributed by atoms with Crippen molar-refractivity contribution in [2.75, 3.05) is 6.54 Å². The lowest BCUT2D eigenvalue weighted by Gasteiger charge is -2.54. The van der Waals surface area contributed by atoms with E-state index in [1.807, 2.05) is 0 Å². The topological polar surface area (TPSA) is 46.2 Å². The standard InChI is InChI=1S/C18H33NO/c1-2-14-5-3-9-17(11-14,13-19)18(20)10-4-6-16(12-18)15-7-8-15/h14-16,20H,2-13,19H2,1H3. The Morgan fingerprint density at radius 1 is 1.00 bits per heavy atom. The Hall–Kier alpha value is -0.0800. The molecule has 0 aromatic carbocycles. The maximum absolute atomic E-state index is 11.5. The molecular formula is C18H33NO. The smallest absolute Gasteiger partial charge is 0.0718 e. The normalized spacial score (nSPS) is 46.4. The Morgan fingerprint density at radius 3 is 2.40 bits per heavy atom. The monoisotopic (exact) mass is 279 g/mol. The van der Waals surface area contributed by atoms with E-state index in [9.17, 15) is 5.11 Å². The van der Waals surface area contributed by atoms with E-state index in [0.717, 1.165) is 37.0 Å². The number of nitrogens with two attached hydrogens (primary N) is 1. The van der Waals surface area contributed by atoms with Crippen LogP contribution in [-0.2, 0) is 0 Å². The minimum Gasteiger partial charge on any atom is -0.389 e. The lowest BCUT2D eigenvalue weighted by molar-refractivity contribution is -0.142. The third kappa shape index (κ3) is 2.54. The van der Waals surface area contributed by atoms with E-state index in [1.54, 1.807) is 0 Å². The van der Waals surface area contributed by atoms with Gasteiger partial charge in [0.1, 0.15) is 0 Å². The van der Waals surface area contributed by atoms with Crippen LogP contribution >= 0.6 is 0 Å². The zero-order valence-corrected chi connectivity index (χ0v) is 13.2. The van der Waals surface area contributed by atoms with Crippen LogP contribution in [0, 0.1) is 23.2 Å². The summed E-state index contributed by atoms with van der Waals surface area (Å²) in [6.45, 7) is 2.99. The van der Waals surface area contributed by atoms with Crippen LogP contribution in [0.1, 0.15) is 77.6 Å². The maximum atomic E-state index is 11.5. The summed E-state index contributed by atoms with van der Waals surface area (Å²) in [7, 11) is 0. The van der Waals surface area contributed by atoms with Gasteiger partial charge >= 0.3 is 0 Å². The van der Waals surface area contributed by atoms with E-state index >= 15 is 0 Å². The number of aliphatic hydroxyl groups is 1. The van der Waals surface area contributed by atoms with Crippen molar-refractivity contribution in [2.45, 2.75) is 83.2 Å². The largest absolute Gasteiger partial charge is 0.389 e. The molecule has 2 heteroatoms. The van der Waals surface area contributed by atoms with Gasteiger partial charge in [0.25, 0.3) is 0 Å². The van der Waals surface area contributed by atoms with Gasteiger partial charge in [-0.15, -0.1) is 0 Å². The van der Waals surface area contributed by atoms with Gasteiger partial charge in [-0.1, -0.05) is 32.6 Å². The van der Waals surface area contributed by atoms with Crippen molar-refractivity contribution in [3.63, 3.8) is 0 Å². The van der Waals surface area contributed by atoms with Crippen LogP contribution in [0.4, 0.5) is 0 Å². The van der Waals surface area contributed by atoms with Gasteiger partial charge in [0.05, 0.1) is 5.60 Å². The molecule has 0 amide bonds. The number of hydrogen-bond donors (Lipinski definition) is 2. The second-order valence-corrected chi connectivity index (χ2v) is 8.08. The fourth-order valence-electron chi connectivity index (χ4n) is 5.38. The van der Waals surface area contributed by atoms with Gasteiger partial charge in [0.15, 0.2) is 0 Å². The zero-order chi connectivity index (χ0) is 14.2. The highest BCUT2D eigenvalue weighted by molar-refractivity contribution is 5.06. The predicted octanol–water partition coefficient (Wildman–Crippen LogP) is 3.86. The van der Waals surface area contributed by atoms with Crippen LogP contribution in [0.3, 0.4) is 0 Å². The Balaban J connectivity index is 1.78. The first-order valence-corrected chi connectivity index (χ1v) is 9.05. The van der Waals surface area contributed by atoms with E-state index < -0.39 is 5.60 Å². The molecule has 116 valence electrons. The average molecular weight is 279 g/mol. The molecule has 2 nitrogen and oxygen atoms in total. The summed E-state index contributed by atoms with van der Waals surface area (Å²) in [6.07, 6.45) is 13.6. The minimum absolute atomic E-state index is 0.0273. The molecule has 3 aliphatic rings. The van der Waals surface area contributed by atoms with Crippen LogP contribution in [0.25, 0.3) is 0 Å². The van der Waals surface area contributed by atoms with E-state index in [1.165, 1.54) is 51.4 Å². The van der Waals surface area contributed by atoms with Gasteiger partial charge in [-0.2, -0.15) is 0 Å². The maximum Gasteiger partial charge on any atom is 0.0718 e. The molecule has 0 radical (unpaired) electrons. The quantitative estimate of drug-likeness (QED) is 0.820. The molecule has 3 fully saturated rings. The summed E-state index contributed by atoms with van der Waals surface area (Å²) in [4.78, 5) is 0. The van der Waals surface area contributed by atoms with Crippen molar-refractivity contribution in [3.8, 4) is 0 Å². The predicted molar refractivity (Wildman–Crippen MR) is 83.4 cm³/mol. The third-order valence-electron chi connectivity index (χ3n) is 6.96. The van der Waals surface area contributed by atoms with Crippen molar-refractivity contribution >= 4 is 0 Å². The van der Waals surface area contributed by atoms with Crippen molar-refractivity contribution in [3.05, 3.63) is 0 Å². The minimum atomic E-state index is -0.457. The van der Waals surface area contributed by atoms with Gasteiger partial charge in [0.2, 0.25) is 0 Å².